The van der Waals surface area contributed by atoms with E-state index in [0.29, 0.717) is 39.0 Å². The first-order valence-corrected chi connectivity index (χ1v) is 9.79. The third kappa shape index (κ3) is 3.84. The van der Waals surface area contributed by atoms with Crippen molar-refractivity contribution in [2.45, 2.75) is 25.0 Å². The maximum Gasteiger partial charge on any atom is 0.407 e. The molecule has 7 heteroatoms. The zero-order valence-electron chi connectivity index (χ0n) is 16.0. The van der Waals surface area contributed by atoms with Gasteiger partial charge < -0.3 is 15.1 Å². The number of halogens is 2. The molecule has 29 heavy (non-hydrogen) atoms. The fraction of sp³-hybridized carbons (Fsp3) is 0.409. The molecule has 2 fully saturated rings. The largest absolute Gasteiger partial charge is 0.465 e. The molecule has 154 valence electrons. The molecule has 0 aromatic heterocycles. The predicted molar refractivity (Wildman–Crippen MR) is 103 cm³/mol. The number of carboxylic acid groups (broad SMARTS) is 1. The highest BCUT2D eigenvalue weighted by Gasteiger charge is 2.49. The van der Waals surface area contributed by atoms with Gasteiger partial charge in [0.05, 0.1) is 12.1 Å². The highest BCUT2D eigenvalue weighted by molar-refractivity contribution is 5.65. The lowest BCUT2D eigenvalue weighted by atomic mass is 9.76. The zero-order valence-corrected chi connectivity index (χ0v) is 16.0. The minimum Gasteiger partial charge on any atom is -0.465 e. The first-order valence-electron chi connectivity index (χ1n) is 9.79. The second-order valence-electron chi connectivity index (χ2n) is 8.10. The van der Waals surface area contributed by atoms with Crippen molar-refractivity contribution in [1.82, 2.24) is 9.80 Å². The van der Waals surface area contributed by atoms with Crippen molar-refractivity contribution < 1.29 is 23.8 Å². The molecular weight excluding hydrogens is 378 g/mol. The van der Waals surface area contributed by atoms with Gasteiger partial charge in [-0.05, 0) is 54.8 Å². The van der Waals surface area contributed by atoms with Gasteiger partial charge in [0.15, 0.2) is 0 Å². The number of hydrogen-bond donors (Lipinski definition) is 2. The number of aliphatic hydroxyl groups is 1. The molecule has 0 bridgehead atoms. The Kier molecular flexibility index (Phi) is 5.27. The van der Waals surface area contributed by atoms with E-state index in [1.807, 2.05) is 0 Å². The van der Waals surface area contributed by atoms with E-state index < -0.39 is 17.6 Å². The van der Waals surface area contributed by atoms with Crippen molar-refractivity contribution in [2.75, 3.05) is 26.2 Å². The smallest absolute Gasteiger partial charge is 0.407 e. The number of carbonyl (C=O) groups is 1. The van der Waals surface area contributed by atoms with Gasteiger partial charge in [0, 0.05) is 25.0 Å². The van der Waals surface area contributed by atoms with Crippen LogP contribution in [0, 0.1) is 17.0 Å². The minimum atomic E-state index is -0.969. The number of benzene rings is 2. The van der Waals surface area contributed by atoms with Gasteiger partial charge in [0.25, 0.3) is 0 Å². The average molecular weight is 402 g/mol. The van der Waals surface area contributed by atoms with Gasteiger partial charge in [-0.2, -0.15) is 0 Å². The Morgan fingerprint density at radius 3 is 2.03 bits per heavy atom. The third-order valence-corrected chi connectivity index (χ3v) is 6.31. The third-order valence-electron chi connectivity index (χ3n) is 6.31. The molecule has 2 unspecified atom stereocenters. The van der Waals surface area contributed by atoms with E-state index in [2.05, 4.69) is 4.90 Å². The Morgan fingerprint density at radius 2 is 1.52 bits per heavy atom. The van der Waals surface area contributed by atoms with Crippen molar-refractivity contribution in [3.8, 4) is 0 Å². The summed E-state index contributed by atoms with van der Waals surface area (Å²) in [5, 5.41) is 20.1. The molecule has 0 radical (unpaired) electrons. The first-order chi connectivity index (χ1) is 13.9. The fourth-order valence-electron chi connectivity index (χ4n) is 4.77. The first kappa shape index (κ1) is 19.8. The van der Waals surface area contributed by atoms with Crippen LogP contribution in [0.1, 0.15) is 30.0 Å². The number of likely N-dealkylation sites (tertiary alicyclic amines) is 2. The van der Waals surface area contributed by atoms with Crippen LogP contribution in [-0.4, -0.2) is 58.4 Å². The maximum absolute atomic E-state index is 13.5. The molecule has 1 amide bonds. The number of nitrogens with zero attached hydrogens (tertiary/aromatic N) is 2. The second kappa shape index (κ2) is 7.72. The van der Waals surface area contributed by atoms with E-state index >= 15 is 0 Å². The number of hydrogen-bond acceptors (Lipinski definition) is 3. The topological polar surface area (TPSA) is 64.0 Å². The molecule has 0 saturated carbocycles. The Hall–Kier alpha value is -2.51. The van der Waals surface area contributed by atoms with Crippen LogP contribution in [0.25, 0.3) is 0 Å². The van der Waals surface area contributed by atoms with Gasteiger partial charge in [0.1, 0.15) is 11.6 Å². The van der Waals surface area contributed by atoms with E-state index in [1.54, 1.807) is 24.3 Å². The van der Waals surface area contributed by atoms with E-state index in [1.165, 1.54) is 29.2 Å². The monoisotopic (exact) mass is 402 g/mol. The predicted octanol–water partition coefficient (Wildman–Crippen LogP) is 3.49. The summed E-state index contributed by atoms with van der Waals surface area (Å²) in [6.07, 6.45) is -0.470. The van der Waals surface area contributed by atoms with E-state index in [4.69, 9.17) is 0 Å². The molecule has 1 spiro atoms. The minimum absolute atomic E-state index is 0.233. The van der Waals surface area contributed by atoms with Gasteiger partial charge in [-0.15, -0.1) is 0 Å². The van der Waals surface area contributed by atoms with Gasteiger partial charge in [0.2, 0.25) is 0 Å². The Balaban J connectivity index is 1.66. The van der Waals surface area contributed by atoms with E-state index in [9.17, 15) is 23.8 Å². The zero-order chi connectivity index (χ0) is 20.6. The van der Waals surface area contributed by atoms with Crippen LogP contribution >= 0.6 is 0 Å². The van der Waals surface area contributed by atoms with Crippen LogP contribution in [0.2, 0.25) is 0 Å². The van der Waals surface area contributed by atoms with Crippen LogP contribution in [0.3, 0.4) is 0 Å². The van der Waals surface area contributed by atoms with Crippen LogP contribution < -0.4 is 0 Å². The van der Waals surface area contributed by atoms with E-state index in [-0.39, 0.29) is 17.7 Å². The Labute approximate surface area is 168 Å². The molecule has 4 rings (SSSR count). The number of amides is 1. The summed E-state index contributed by atoms with van der Waals surface area (Å²) >= 11 is 0. The summed E-state index contributed by atoms with van der Waals surface area (Å²) in [5.74, 6) is -0.659. The molecule has 2 saturated heterocycles. The lowest BCUT2D eigenvalue weighted by Gasteiger charge is -2.43. The van der Waals surface area contributed by atoms with Crippen molar-refractivity contribution >= 4 is 6.09 Å². The highest BCUT2D eigenvalue weighted by Crippen LogP contribution is 2.43. The fourth-order valence-corrected chi connectivity index (χ4v) is 4.77. The summed E-state index contributed by atoms with van der Waals surface area (Å²) in [6.45, 7) is 1.79. The molecule has 0 aliphatic carbocycles. The van der Waals surface area contributed by atoms with Crippen LogP contribution in [0.15, 0.2) is 48.5 Å². The maximum atomic E-state index is 13.5. The molecule has 2 aliphatic heterocycles. The molecule has 2 N–H and O–H groups in total. The Morgan fingerprint density at radius 1 is 0.966 bits per heavy atom. The quantitative estimate of drug-likeness (QED) is 0.825. The van der Waals surface area contributed by atoms with Gasteiger partial charge in [-0.1, -0.05) is 24.3 Å². The number of aliphatic hydroxyl groups excluding tert-OH is 1. The molecule has 5 nitrogen and oxygen atoms in total. The molecular formula is C22H24F2N2O3. The van der Waals surface area contributed by atoms with Gasteiger partial charge in [-0.25, -0.2) is 13.6 Å². The van der Waals surface area contributed by atoms with Crippen LogP contribution in [-0.2, 0) is 0 Å². The van der Waals surface area contributed by atoms with Crippen LogP contribution in [0.5, 0.6) is 0 Å². The molecule has 2 aromatic rings. The molecule has 2 aliphatic rings. The normalized spacial score (nSPS) is 25.1. The standard InChI is InChI=1S/C22H24F2N2O3/c23-17-5-1-15(2-6-17)20(16-3-7-18(24)8-4-16)25-12-10-22(13-25)14-26(21(28)29)11-9-19(22)27/h1-8,19-20,27H,9-14H2,(H,28,29). The molecule has 2 atom stereocenters. The van der Waals surface area contributed by atoms with Crippen molar-refractivity contribution in [3.05, 3.63) is 71.3 Å². The Bertz CT molecular complexity index is 829. The summed E-state index contributed by atoms with van der Waals surface area (Å²) < 4.78 is 27.0. The van der Waals surface area contributed by atoms with Gasteiger partial charge >= 0.3 is 6.09 Å². The summed E-state index contributed by atoms with van der Waals surface area (Å²) in [4.78, 5) is 15.0. The van der Waals surface area contributed by atoms with Crippen molar-refractivity contribution in [1.29, 1.82) is 0 Å². The van der Waals surface area contributed by atoms with Crippen molar-refractivity contribution in [3.63, 3.8) is 0 Å². The highest BCUT2D eigenvalue weighted by atomic mass is 19.1. The van der Waals surface area contributed by atoms with E-state index in [0.717, 1.165) is 11.1 Å². The van der Waals surface area contributed by atoms with Gasteiger partial charge in [-0.3, -0.25) is 4.90 Å². The SMILES string of the molecule is O=C(O)N1CCC(O)C2(CCN(C(c3ccc(F)cc3)c3ccc(F)cc3)C2)C1. The molecule has 2 aromatic carbocycles. The summed E-state index contributed by atoms with van der Waals surface area (Å²) in [7, 11) is 0. The molecule has 2 heterocycles. The second-order valence-corrected chi connectivity index (χ2v) is 8.10. The van der Waals surface area contributed by atoms with Crippen LogP contribution in [0.4, 0.5) is 13.6 Å². The number of rotatable bonds is 3. The number of piperidine rings is 1. The summed E-state index contributed by atoms with van der Waals surface area (Å²) in [6, 6.07) is 12.2. The lowest BCUT2D eigenvalue weighted by molar-refractivity contribution is -0.0348. The summed E-state index contributed by atoms with van der Waals surface area (Å²) in [5.41, 5.74) is 1.21. The van der Waals surface area contributed by atoms with Crippen molar-refractivity contribution in [2.24, 2.45) is 5.41 Å². The lowest BCUT2D eigenvalue weighted by Crippen LogP contribution is -2.54. The average Bonchev–Trinajstić information content (AvgIpc) is 3.11.